The zero-order chi connectivity index (χ0) is 23.9. The summed E-state index contributed by atoms with van der Waals surface area (Å²) in [7, 11) is 1.58. The van der Waals surface area contributed by atoms with Crippen LogP contribution in [0.4, 0.5) is 11.4 Å². The van der Waals surface area contributed by atoms with Crippen molar-refractivity contribution in [2.24, 2.45) is 11.1 Å². The van der Waals surface area contributed by atoms with Crippen LogP contribution in [0.15, 0.2) is 71.2 Å². The molecule has 33 heavy (non-hydrogen) atoms. The fraction of sp³-hybridized carbons (Fsp3) is 0.280. The number of allylic oxidation sites excluding steroid dienone is 3. The van der Waals surface area contributed by atoms with Gasteiger partial charge < -0.3 is 10.5 Å². The first kappa shape index (κ1) is 22.1. The fourth-order valence-electron chi connectivity index (χ4n) is 4.66. The van der Waals surface area contributed by atoms with E-state index in [1.807, 2.05) is 26.0 Å². The van der Waals surface area contributed by atoms with E-state index in [9.17, 15) is 20.2 Å². The molecule has 0 amide bonds. The van der Waals surface area contributed by atoms with Gasteiger partial charge in [0.05, 0.1) is 29.6 Å². The van der Waals surface area contributed by atoms with Crippen LogP contribution in [0.1, 0.15) is 38.2 Å². The van der Waals surface area contributed by atoms with E-state index in [1.165, 1.54) is 12.1 Å². The van der Waals surface area contributed by atoms with Crippen LogP contribution < -0.4 is 15.4 Å². The maximum Gasteiger partial charge on any atom is 0.269 e. The Morgan fingerprint density at radius 2 is 1.79 bits per heavy atom. The predicted octanol–water partition coefficient (Wildman–Crippen LogP) is 4.54. The lowest BCUT2D eigenvalue weighted by molar-refractivity contribution is -0.384. The molecule has 2 aromatic rings. The Kier molecular flexibility index (Phi) is 5.42. The number of Topliss-reactive ketones (excluding diaryl/α,β-unsaturated/α-hetero) is 1. The lowest BCUT2D eigenvalue weighted by atomic mass is 9.68. The zero-order valence-electron chi connectivity index (χ0n) is 18.7. The maximum atomic E-state index is 13.5. The van der Waals surface area contributed by atoms with Gasteiger partial charge in [0.1, 0.15) is 11.6 Å². The molecule has 0 bridgehead atoms. The maximum absolute atomic E-state index is 13.5. The lowest BCUT2D eigenvalue weighted by Crippen LogP contribution is -2.42. The van der Waals surface area contributed by atoms with E-state index in [0.29, 0.717) is 29.7 Å². The van der Waals surface area contributed by atoms with Gasteiger partial charge in [-0.15, -0.1) is 0 Å². The Morgan fingerprint density at radius 1 is 1.15 bits per heavy atom. The third kappa shape index (κ3) is 3.82. The molecule has 0 spiro atoms. The SMILES string of the molecule is COc1ccc(N2C(N)=C(C#N)[C@H](c3ccc([N+](=O)[O-])cc3)C3=C2CC(C)(C)CC3=O)cc1. The van der Waals surface area contributed by atoms with Crippen molar-refractivity contribution in [1.82, 2.24) is 0 Å². The molecular weight excluding hydrogens is 420 g/mol. The second-order valence-electron chi connectivity index (χ2n) is 9.03. The second-order valence-corrected chi connectivity index (χ2v) is 9.03. The monoisotopic (exact) mass is 444 g/mol. The van der Waals surface area contributed by atoms with Crippen LogP contribution in [0.3, 0.4) is 0 Å². The minimum Gasteiger partial charge on any atom is -0.497 e. The minimum absolute atomic E-state index is 0.0524. The molecule has 2 aliphatic rings. The van der Waals surface area contributed by atoms with Crippen molar-refractivity contribution in [1.29, 1.82) is 5.26 Å². The van der Waals surface area contributed by atoms with Crippen LogP contribution in [0.2, 0.25) is 0 Å². The third-order valence-corrected chi connectivity index (χ3v) is 6.15. The molecule has 0 saturated heterocycles. The number of hydrogen-bond donors (Lipinski definition) is 1. The summed E-state index contributed by atoms with van der Waals surface area (Å²) >= 11 is 0. The topological polar surface area (TPSA) is 122 Å². The summed E-state index contributed by atoms with van der Waals surface area (Å²) in [5.41, 5.74) is 9.09. The van der Waals surface area contributed by atoms with Crippen molar-refractivity contribution < 1.29 is 14.5 Å². The van der Waals surface area contributed by atoms with Gasteiger partial charge in [-0.3, -0.25) is 19.8 Å². The van der Waals surface area contributed by atoms with Gasteiger partial charge in [-0.25, -0.2) is 0 Å². The van der Waals surface area contributed by atoms with Crippen molar-refractivity contribution in [2.45, 2.75) is 32.6 Å². The van der Waals surface area contributed by atoms with Gasteiger partial charge in [0.15, 0.2) is 5.78 Å². The van der Waals surface area contributed by atoms with Crippen LogP contribution in [-0.2, 0) is 4.79 Å². The Hall–Kier alpha value is -4.12. The Morgan fingerprint density at radius 3 is 2.33 bits per heavy atom. The minimum atomic E-state index is -0.677. The highest BCUT2D eigenvalue weighted by Gasteiger charge is 2.44. The summed E-state index contributed by atoms with van der Waals surface area (Å²) in [6, 6.07) is 15.4. The number of nitrogens with two attached hydrogens (primary N) is 1. The average molecular weight is 444 g/mol. The third-order valence-electron chi connectivity index (χ3n) is 6.15. The number of anilines is 1. The number of carbonyl (C=O) groups excluding carboxylic acids is 1. The number of nitrogens with zero attached hydrogens (tertiary/aromatic N) is 3. The number of carbonyl (C=O) groups is 1. The number of ether oxygens (including phenoxy) is 1. The highest BCUT2D eigenvalue weighted by atomic mass is 16.6. The van der Waals surface area contributed by atoms with Crippen molar-refractivity contribution in [3.8, 4) is 11.8 Å². The van der Waals surface area contributed by atoms with E-state index in [0.717, 1.165) is 11.4 Å². The molecule has 0 fully saturated rings. The van der Waals surface area contributed by atoms with Crippen LogP contribution in [0.5, 0.6) is 5.75 Å². The number of nitriles is 1. The smallest absolute Gasteiger partial charge is 0.269 e. The van der Waals surface area contributed by atoms with E-state index in [-0.39, 0.29) is 28.3 Å². The summed E-state index contributed by atoms with van der Waals surface area (Å²) in [5.74, 6) is 0.194. The standard InChI is InChI=1S/C25H24N4O4/c1-25(2)12-20-23(21(30)13-25)22(15-4-6-17(7-5-15)29(31)32)19(14-26)24(27)28(20)16-8-10-18(33-3)11-9-16/h4-11,22H,12-13,27H2,1-3H3/t22-/m0/s1. The first-order valence-electron chi connectivity index (χ1n) is 10.5. The zero-order valence-corrected chi connectivity index (χ0v) is 18.7. The van der Waals surface area contributed by atoms with E-state index in [1.54, 1.807) is 36.3 Å². The summed E-state index contributed by atoms with van der Waals surface area (Å²) in [6.45, 7) is 4.06. The highest BCUT2D eigenvalue weighted by Crippen LogP contribution is 2.50. The molecule has 1 atom stereocenters. The van der Waals surface area contributed by atoms with Gasteiger partial charge in [0.25, 0.3) is 5.69 Å². The van der Waals surface area contributed by atoms with E-state index < -0.39 is 10.8 Å². The van der Waals surface area contributed by atoms with Crippen LogP contribution in [0, 0.1) is 26.9 Å². The van der Waals surface area contributed by atoms with E-state index in [2.05, 4.69) is 6.07 Å². The fourth-order valence-corrected chi connectivity index (χ4v) is 4.66. The predicted molar refractivity (Wildman–Crippen MR) is 123 cm³/mol. The quantitative estimate of drug-likeness (QED) is 0.542. The Balaban J connectivity index is 1.94. The van der Waals surface area contributed by atoms with Crippen molar-refractivity contribution in [3.05, 3.63) is 86.9 Å². The van der Waals surface area contributed by atoms with Crippen molar-refractivity contribution in [3.63, 3.8) is 0 Å². The molecule has 0 aromatic heterocycles. The van der Waals surface area contributed by atoms with Gasteiger partial charge in [-0.1, -0.05) is 26.0 Å². The van der Waals surface area contributed by atoms with E-state index >= 15 is 0 Å². The normalized spacial score (nSPS) is 19.8. The number of non-ortho nitro benzene ring substituents is 1. The summed E-state index contributed by atoms with van der Waals surface area (Å²) in [5, 5.41) is 21.2. The Bertz CT molecular complexity index is 1230. The molecule has 2 N–H and O–H groups in total. The first-order valence-corrected chi connectivity index (χ1v) is 10.5. The molecule has 168 valence electrons. The molecule has 2 aromatic carbocycles. The molecule has 1 heterocycles. The Labute approximate surface area is 191 Å². The van der Waals surface area contributed by atoms with Gasteiger partial charge in [-0.2, -0.15) is 5.26 Å². The molecule has 0 radical (unpaired) electrons. The van der Waals surface area contributed by atoms with Crippen molar-refractivity contribution in [2.75, 3.05) is 12.0 Å². The first-order chi connectivity index (χ1) is 15.7. The molecule has 0 saturated carbocycles. The highest BCUT2D eigenvalue weighted by molar-refractivity contribution is 6.01. The van der Waals surface area contributed by atoms with Gasteiger partial charge in [-0.05, 0) is 41.7 Å². The largest absolute Gasteiger partial charge is 0.497 e. The van der Waals surface area contributed by atoms with Crippen LogP contribution in [0.25, 0.3) is 0 Å². The molecule has 8 nitrogen and oxygen atoms in total. The summed E-state index contributed by atoms with van der Waals surface area (Å²) in [6.07, 6.45) is 0.924. The molecule has 0 unspecified atom stereocenters. The molecule has 8 heteroatoms. The molecule has 1 aliphatic heterocycles. The number of nitro groups is 1. The van der Waals surface area contributed by atoms with Crippen molar-refractivity contribution >= 4 is 17.2 Å². The summed E-state index contributed by atoms with van der Waals surface area (Å²) < 4.78 is 5.26. The number of benzene rings is 2. The average Bonchev–Trinajstić information content (AvgIpc) is 2.78. The number of methoxy groups -OCH3 is 1. The number of hydrogen-bond acceptors (Lipinski definition) is 7. The second kappa shape index (κ2) is 8.10. The lowest BCUT2D eigenvalue weighted by Gasteiger charge is -2.43. The van der Waals surface area contributed by atoms with Gasteiger partial charge in [0.2, 0.25) is 0 Å². The number of ketones is 1. The number of rotatable bonds is 4. The van der Waals surface area contributed by atoms with Crippen LogP contribution in [-0.4, -0.2) is 17.8 Å². The molecule has 4 rings (SSSR count). The van der Waals surface area contributed by atoms with E-state index in [4.69, 9.17) is 10.5 Å². The molecular formula is C25H24N4O4. The molecule has 1 aliphatic carbocycles. The van der Waals surface area contributed by atoms with Gasteiger partial charge >= 0.3 is 0 Å². The number of nitro benzene ring substituents is 1. The van der Waals surface area contributed by atoms with Gasteiger partial charge in [0, 0.05) is 35.5 Å². The van der Waals surface area contributed by atoms with Crippen LogP contribution >= 0.6 is 0 Å². The summed E-state index contributed by atoms with van der Waals surface area (Å²) in [4.78, 5) is 25.9.